The van der Waals surface area contributed by atoms with E-state index in [1.807, 2.05) is 0 Å². The zero-order valence-corrected chi connectivity index (χ0v) is 14.2. The number of carboxylic acids is 1. The van der Waals surface area contributed by atoms with Crippen LogP contribution in [0.5, 0.6) is 0 Å². The third-order valence-corrected chi connectivity index (χ3v) is 3.92. The lowest BCUT2D eigenvalue weighted by molar-refractivity contribution is -0.127. The molecule has 1 heterocycles. The van der Waals surface area contributed by atoms with Crippen LogP contribution in [0, 0.1) is 11.3 Å². The molecule has 0 aromatic heterocycles. The fourth-order valence-corrected chi connectivity index (χ4v) is 2.55. The van der Waals surface area contributed by atoms with E-state index in [1.165, 1.54) is 18.3 Å². The topological polar surface area (TPSA) is 123 Å². The van der Waals surface area contributed by atoms with Crippen LogP contribution in [0.4, 0.5) is 5.69 Å². The smallest absolute Gasteiger partial charge is 0.335 e. The molecule has 0 radical (unpaired) electrons. The lowest BCUT2D eigenvalue weighted by atomic mass is 10.2. The van der Waals surface area contributed by atoms with E-state index in [0.717, 1.165) is 13.0 Å². The summed E-state index contributed by atoms with van der Waals surface area (Å²) < 4.78 is 0. The fraction of sp³-hybridized carbons (Fsp3) is 0.333. The number of rotatable bonds is 8. The first kappa shape index (κ1) is 19.0. The number of nitrogens with zero attached hydrogens (tertiary/aromatic N) is 2. The van der Waals surface area contributed by atoms with Crippen LogP contribution < -0.4 is 10.6 Å². The van der Waals surface area contributed by atoms with Gasteiger partial charge in [-0.05, 0) is 31.0 Å². The Balaban J connectivity index is 1.82. The van der Waals surface area contributed by atoms with E-state index in [1.54, 1.807) is 23.1 Å². The molecule has 1 aromatic carbocycles. The van der Waals surface area contributed by atoms with Crippen molar-refractivity contribution in [1.82, 2.24) is 10.2 Å². The van der Waals surface area contributed by atoms with Gasteiger partial charge in [-0.1, -0.05) is 6.07 Å². The van der Waals surface area contributed by atoms with Crippen molar-refractivity contribution >= 4 is 23.5 Å². The number of amides is 2. The van der Waals surface area contributed by atoms with Crippen LogP contribution in [-0.2, 0) is 9.59 Å². The second-order valence-corrected chi connectivity index (χ2v) is 5.79. The van der Waals surface area contributed by atoms with E-state index >= 15 is 0 Å². The minimum Gasteiger partial charge on any atom is -0.478 e. The van der Waals surface area contributed by atoms with Gasteiger partial charge >= 0.3 is 5.97 Å². The van der Waals surface area contributed by atoms with Gasteiger partial charge in [0.05, 0.1) is 5.56 Å². The normalized spacial score (nSPS) is 14.0. The number of benzene rings is 1. The van der Waals surface area contributed by atoms with Gasteiger partial charge in [0.25, 0.3) is 5.91 Å². The van der Waals surface area contributed by atoms with Crippen molar-refractivity contribution in [2.24, 2.45) is 0 Å². The molecule has 8 nitrogen and oxygen atoms in total. The molecule has 2 rings (SSSR count). The number of carboxylic acid groups (broad SMARTS) is 1. The number of hydrogen-bond donors (Lipinski definition) is 3. The van der Waals surface area contributed by atoms with E-state index in [0.29, 0.717) is 31.6 Å². The number of hydrogen-bond acceptors (Lipinski definition) is 5. The standard InChI is InChI=1S/C18H20N4O4/c19-11-14(12-21-15-5-1-4-13(10-15)18(25)26)17(24)20-7-3-9-22-8-2-6-16(22)23/h1,4-5,10,12,21H,2-3,6-9H2,(H,20,24)(H,25,26)/b14-12-. The van der Waals surface area contributed by atoms with Crippen molar-refractivity contribution in [3.8, 4) is 6.07 Å². The summed E-state index contributed by atoms with van der Waals surface area (Å²) in [5.74, 6) is -1.45. The maximum absolute atomic E-state index is 12.0. The van der Waals surface area contributed by atoms with E-state index < -0.39 is 11.9 Å². The van der Waals surface area contributed by atoms with Crippen LogP contribution in [0.2, 0.25) is 0 Å². The summed E-state index contributed by atoms with van der Waals surface area (Å²) in [7, 11) is 0. The highest BCUT2D eigenvalue weighted by Gasteiger charge is 2.19. The maximum Gasteiger partial charge on any atom is 0.335 e. The van der Waals surface area contributed by atoms with Crippen molar-refractivity contribution < 1.29 is 19.5 Å². The Morgan fingerprint density at radius 3 is 2.85 bits per heavy atom. The molecule has 1 aliphatic rings. The summed E-state index contributed by atoms with van der Waals surface area (Å²) in [4.78, 5) is 36.2. The Bertz CT molecular complexity index is 767. The van der Waals surface area contributed by atoms with Gasteiger partial charge in [-0.3, -0.25) is 9.59 Å². The second-order valence-electron chi connectivity index (χ2n) is 5.79. The minimum absolute atomic E-state index is 0.0998. The summed E-state index contributed by atoms with van der Waals surface area (Å²) >= 11 is 0. The quantitative estimate of drug-likeness (QED) is 0.367. The van der Waals surface area contributed by atoms with Crippen LogP contribution in [0.1, 0.15) is 29.6 Å². The molecule has 8 heteroatoms. The van der Waals surface area contributed by atoms with Crippen molar-refractivity contribution in [3.05, 3.63) is 41.6 Å². The van der Waals surface area contributed by atoms with Crippen molar-refractivity contribution in [1.29, 1.82) is 5.26 Å². The molecule has 0 spiro atoms. The second kappa shape index (κ2) is 9.22. The molecular weight excluding hydrogens is 336 g/mol. The summed E-state index contributed by atoms with van der Waals surface area (Å²) in [6, 6.07) is 7.84. The monoisotopic (exact) mass is 356 g/mol. The summed E-state index contributed by atoms with van der Waals surface area (Å²) in [5, 5.41) is 23.5. The molecule has 26 heavy (non-hydrogen) atoms. The average Bonchev–Trinajstić information content (AvgIpc) is 3.04. The average molecular weight is 356 g/mol. The zero-order chi connectivity index (χ0) is 18.9. The molecule has 0 atom stereocenters. The van der Waals surface area contributed by atoms with Gasteiger partial charge in [0.15, 0.2) is 0 Å². The number of nitriles is 1. The van der Waals surface area contributed by atoms with Gasteiger partial charge in [-0.2, -0.15) is 5.26 Å². The molecule has 1 fully saturated rings. The predicted molar refractivity (Wildman–Crippen MR) is 94.2 cm³/mol. The van der Waals surface area contributed by atoms with Crippen LogP contribution in [0.15, 0.2) is 36.0 Å². The molecule has 1 saturated heterocycles. The van der Waals surface area contributed by atoms with Gasteiger partial charge in [-0.25, -0.2) is 4.79 Å². The molecule has 0 saturated carbocycles. The highest BCUT2D eigenvalue weighted by Crippen LogP contribution is 2.11. The summed E-state index contributed by atoms with van der Waals surface area (Å²) in [6.45, 7) is 1.70. The Hall–Kier alpha value is -3.34. The van der Waals surface area contributed by atoms with Gasteiger partial charge in [0.2, 0.25) is 5.91 Å². The molecule has 0 bridgehead atoms. The van der Waals surface area contributed by atoms with Crippen LogP contribution >= 0.6 is 0 Å². The molecule has 3 N–H and O–H groups in total. The first-order chi connectivity index (χ1) is 12.5. The first-order valence-electron chi connectivity index (χ1n) is 8.27. The number of carbonyl (C=O) groups is 3. The van der Waals surface area contributed by atoms with Crippen LogP contribution in [-0.4, -0.2) is 47.4 Å². The zero-order valence-electron chi connectivity index (χ0n) is 14.2. The minimum atomic E-state index is -1.06. The number of anilines is 1. The summed E-state index contributed by atoms with van der Waals surface area (Å²) in [5.41, 5.74) is 0.434. The molecule has 0 unspecified atom stereocenters. The van der Waals surface area contributed by atoms with Gasteiger partial charge in [0, 0.05) is 37.9 Å². The maximum atomic E-state index is 12.0. The van der Waals surface area contributed by atoms with E-state index in [9.17, 15) is 14.4 Å². The SMILES string of the molecule is N#C/C(=C/Nc1cccc(C(=O)O)c1)C(=O)NCCCN1CCCC1=O. The lowest BCUT2D eigenvalue weighted by Gasteiger charge is -2.15. The molecule has 136 valence electrons. The Morgan fingerprint density at radius 2 is 2.19 bits per heavy atom. The van der Waals surface area contributed by atoms with Crippen molar-refractivity contribution in [2.45, 2.75) is 19.3 Å². The number of nitrogens with one attached hydrogen (secondary N) is 2. The van der Waals surface area contributed by atoms with Gasteiger partial charge in [0.1, 0.15) is 11.6 Å². The first-order valence-corrected chi connectivity index (χ1v) is 8.27. The third-order valence-electron chi connectivity index (χ3n) is 3.92. The molecule has 2 amide bonds. The van der Waals surface area contributed by atoms with E-state index in [-0.39, 0.29) is 17.0 Å². The highest BCUT2D eigenvalue weighted by atomic mass is 16.4. The molecule has 1 aromatic rings. The van der Waals surface area contributed by atoms with Crippen molar-refractivity contribution in [3.63, 3.8) is 0 Å². The van der Waals surface area contributed by atoms with Crippen molar-refractivity contribution in [2.75, 3.05) is 25.0 Å². The fourth-order valence-electron chi connectivity index (χ4n) is 2.55. The largest absolute Gasteiger partial charge is 0.478 e. The summed E-state index contributed by atoms with van der Waals surface area (Å²) in [6.07, 6.45) is 3.31. The third kappa shape index (κ3) is 5.34. The molecule has 0 aliphatic carbocycles. The van der Waals surface area contributed by atoms with Crippen LogP contribution in [0.3, 0.4) is 0 Å². The number of likely N-dealkylation sites (tertiary alicyclic amines) is 1. The predicted octanol–water partition coefficient (Wildman–Crippen LogP) is 1.33. The lowest BCUT2D eigenvalue weighted by Crippen LogP contribution is -2.31. The molecule has 1 aliphatic heterocycles. The van der Waals surface area contributed by atoms with Gasteiger partial charge in [-0.15, -0.1) is 0 Å². The van der Waals surface area contributed by atoms with E-state index in [4.69, 9.17) is 10.4 Å². The Kier molecular flexibility index (Phi) is 6.74. The Morgan fingerprint density at radius 1 is 1.38 bits per heavy atom. The van der Waals surface area contributed by atoms with Crippen LogP contribution in [0.25, 0.3) is 0 Å². The number of carbonyl (C=O) groups excluding carboxylic acids is 2. The Labute approximate surface area is 151 Å². The van der Waals surface area contributed by atoms with Gasteiger partial charge < -0.3 is 20.6 Å². The van der Waals surface area contributed by atoms with E-state index in [2.05, 4.69) is 10.6 Å². The highest BCUT2D eigenvalue weighted by molar-refractivity contribution is 5.97. The molecular formula is C18H20N4O4. The number of aromatic carboxylic acids is 1.